The molecule has 0 radical (unpaired) electrons. The molecule has 0 unspecified atom stereocenters. The highest BCUT2D eigenvalue weighted by Crippen LogP contribution is 2.33. The summed E-state index contributed by atoms with van der Waals surface area (Å²) in [5, 5.41) is 0.459. The number of hydrogen-bond donors (Lipinski definition) is 0. The summed E-state index contributed by atoms with van der Waals surface area (Å²) in [6.07, 6.45) is -1.39. The highest BCUT2D eigenvalue weighted by molar-refractivity contribution is 7.25. The lowest BCUT2D eigenvalue weighted by atomic mass is 10.1. The van der Waals surface area contributed by atoms with Crippen LogP contribution < -0.4 is 5.56 Å². The smallest absolute Gasteiger partial charge is 0.267 e. The van der Waals surface area contributed by atoms with E-state index in [1.807, 2.05) is 0 Å². The molecule has 0 amide bonds. The first kappa shape index (κ1) is 17.0. The Morgan fingerprint density at radius 2 is 2.04 bits per heavy atom. The maximum absolute atomic E-state index is 13.4. The van der Waals surface area contributed by atoms with Crippen LogP contribution in [0.25, 0.3) is 26.1 Å². The molecule has 1 aromatic carbocycles. The minimum absolute atomic E-state index is 0.120. The fourth-order valence-corrected chi connectivity index (χ4v) is 4.08. The Labute approximate surface area is 153 Å². The first-order chi connectivity index (χ1) is 12.4. The van der Waals surface area contributed by atoms with Crippen molar-refractivity contribution in [2.75, 3.05) is 0 Å². The first-order valence-corrected chi connectivity index (χ1v) is 8.61. The van der Waals surface area contributed by atoms with Gasteiger partial charge in [-0.3, -0.25) is 9.36 Å². The van der Waals surface area contributed by atoms with Gasteiger partial charge in [0.25, 0.3) is 12.0 Å². The van der Waals surface area contributed by atoms with Gasteiger partial charge in [0.05, 0.1) is 16.2 Å². The second kappa shape index (κ2) is 6.07. The van der Waals surface area contributed by atoms with E-state index in [1.165, 1.54) is 29.1 Å². The summed E-state index contributed by atoms with van der Waals surface area (Å²) in [5.41, 5.74) is 0.591. The maximum atomic E-state index is 13.4. The molecule has 0 spiro atoms. The summed E-state index contributed by atoms with van der Waals surface area (Å²) in [6, 6.07) is 5.17. The number of pyridine rings is 1. The standard InChI is InChI=1S/C17H9ClF3N3OS/c1-7-4-11(15(20)21)23-16-12(7)13-14(26-16)17(25)24(6-22-13)8-2-3-10(19)9(18)5-8/h2-6,15H,1H3. The third-order valence-corrected chi connectivity index (χ3v) is 5.32. The van der Waals surface area contributed by atoms with Crippen molar-refractivity contribution >= 4 is 43.4 Å². The first-order valence-electron chi connectivity index (χ1n) is 7.42. The van der Waals surface area contributed by atoms with Gasteiger partial charge < -0.3 is 0 Å². The average Bonchev–Trinajstić information content (AvgIpc) is 2.98. The van der Waals surface area contributed by atoms with Gasteiger partial charge in [-0.05, 0) is 36.8 Å². The molecule has 0 N–H and O–H groups in total. The molecule has 3 heterocycles. The van der Waals surface area contributed by atoms with Crippen LogP contribution in [0, 0.1) is 12.7 Å². The van der Waals surface area contributed by atoms with E-state index in [-0.39, 0.29) is 15.4 Å². The maximum Gasteiger partial charge on any atom is 0.280 e. The predicted octanol–water partition coefficient (Wildman–Crippen LogP) is 5.03. The third-order valence-electron chi connectivity index (χ3n) is 3.97. The molecule has 0 bridgehead atoms. The summed E-state index contributed by atoms with van der Waals surface area (Å²) in [7, 11) is 0. The van der Waals surface area contributed by atoms with E-state index >= 15 is 0 Å². The largest absolute Gasteiger partial charge is 0.280 e. The molecule has 0 atom stereocenters. The van der Waals surface area contributed by atoms with Crippen LogP contribution in [0.5, 0.6) is 0 Å². The molecular weight excluding hydrogens is 387 g/mol. The molecule has 4 nitrogen and oxygen atoms in total. The summed E-state index contributed by atoms with van der Waals surface area (Å²) >= 11 is 6.78. The minimum Gasteiger partial charge on any atom is -0.267 e. The Morgan fingerprint density at radius 3 is 2.73 bits per heavy atom. The quantitative estimate of drug-likeness (QED) is 0.478. The van der Waals surface area contributed by atoms with Crippen molar-refractivity contribution in [2.24, 2.45) is 0 Å². The fraction of sp³-hybridized carbons (Fsp3) is 0.118. The van der Waals surface area contributed by atoms with Crippen LogP contribution in [0.3, 0.4) is 0 Å². The molecule has 26 heavy (non-hydrogen) atoms. The van der Waals surface area contributed by atoms with Crippen LogP contribution >= 0.6 is 22.9 Å². The van der Waals surface area contributed by atoms with Crippen molar-refractivity contribution in [1.82, 2.24) is 14.5 Å². The van der Waals surface area contributed by atoms with Gasteiger partial charge in [0.2, 0.25) is 0 Å². The van der Waals surface area contributed by atoms with E-state index < -0.39 is 17.8 Å². The Morgan fingerprint density at radius 1 is 1.27 bits per heavy atom. The number of alkyl halides is 2. The summed E-state index contributed by atoms with van der Waals surface area (Å²) < 4.78 is 40.8. The van der Waals surface area contributed by atoms with E-state index in [9.17, 15) is 18.0 Å². The van der Waals surface area contributed by atoms with Gasteiger partial charge in [-0.2, -0.15) is 0 Å². The third kappa shape index (κ3) is 2.57. The van der Waals surface area contributed by atoms with Gasteiger partial charge >= 0.3 is 0 Å². The van der Waals surface area contributed by atoms with Crippen molar-refractivity contribution in [3.63, 3.8) is 0 Å². The molecule has 0 saturated carbocycles. The molecule has 0 saturated heterocycles. The number of aryl methyl sites for hydroxylation is 1. The molecule has 3 aromatic heterocycles. The number of thiophene rings is 1. The second-order valence-electron chi connectivity index (χ2n) is 5.64. The van der Waals surface area contributed by atoms with Gasteiger partial charge in [-0.1, -0.05) is 11.6 Å². The normalized spacial score (nSPS) is 11.8. The van der Waals surface area contributed by atoms with Crippen LogP contribution in [0.4, 0.5) is 13.2 Å². The minimum atomic E-state index is -2.70. The molecule has 4 aromatic rings. The van der Waals surface area contributed by atoms with Crippen molar-refractivity contribution in [1.29, 1.82) is 0 Å². The van der Waals surface area contributed by atoms with E-state index in [4.69, 9.17) is 11.6 Å². The van der Waals surface area contributed by atoms with Gasteiger partial charge in [0.1, 0.15) is 27.4 Å². The summed E-state index contributed by atoms with van der Waals surface area (Å²) in [6.45, 7) is 1.68. The van der Waals surface area contributed by atoms with Gasteiger partial charge in [-0.15, -0.1) is 11.3 Å². The topological polar surface area (TPSA) is 47.8 Å². The van der Waals surface area contributed by atoms with Crippen molar-refractivity contribution < 1.29 is 13.2 Å². The van der Waals surface area contributed by atoms with Crippen LogP contribution in [-0.2, 0) is 0 Å². The summed E-state index contributed by atoms with van der Waals surface area (Å²) in [4.78, 5) is 21.4. The molecule has 132 valence electrons. The molecule has 0 aliphatic heterocycles. The number of benzene rings is 1. The van der Waals surface area contributed by atoms with Crippen LogP contribution in [0.1, 0.15) is 17.7 Å². The Balaban J connectivity index is 2.01. The number of halogens is 4. The van der Waals surface area contributed by atoms with Gasteiger partial charge in [0.15, 0.2) is 0 Å². The van der Waals surface area contributed by atoms with E-state index in [2.05, 4.69) is 9.97 Å². The lowest BCUT2D eigenvalue weighted by Crippen LogP contribution is -2.17. The zero-order valence-electron chi connectivity index (χ0n) is 13.1. The van der Waals surface area contributed by atoms with Crippen molar-refractivity contribution in [3.05, 3.63) is 63.0 Å². The lowest BCUT2D eigenvalue weighted by molar-refractivity contribution is 0.146. The molecule has 0 aliphatic rings. The Bertz CT molecular complexity index is 1240. The monoisotopic (exact) mass is 395 g/mol. The molecule has 0 aliphatic carbocycles. The Kier molecular flexibility index (Phi) is 3.96. The SMILES string of the molecule is Cc1cc(C(F)F)nc2sc3c(=O)n(-c4ccc(F)c(Cl)c4)cnc3c12. The van der Waals surface area contributed by atoms with Gasteiger partial charge in [0, 0.05) is 5.39 Å². The number of fused-ring (bicyclic) bond motifs is 3. The molecule has 4 rings (SSSR count). The van der Waals surface area contributed by atoms with Crippen molar-refractivity contribution in [2.45, 2.75) is 13.3 Å². The number of hydrogen-bond acceptors (Lipinski definition) is 4. The lowest BCUT2D eigenvalue weighted by Gasteiger charge is -2.06. The van der Waals surface area contributed by atoms with E-state index in [0.717, 1.165) is 17.4 Å². The highest BCUT2D eigenvalue weighted by atomic mass is 35.5. The van der Waals surface area contributed by atoms with E-state index in [0.29, 0.717) is 27.0 Å². The highest BCUT2D eigenvalue weighted by Gasteiger charge is 2.18. The van der Waals surface area contributed by atoms with Gasteiger partial charge in [-0.25, -0.2) is 23.1 Å². The second-order valence-corrected chi connectivity index (χ2v) is 7.05. The van der Waals surface area contributed by atoms with Crippen molar-refractivity contribution in [3.8, 4) is 5.69 Å². The van der Waals surface area contributed by atoms with Crippen LogP contribution in [-0.4, -0.2) is 14.5 Å². The average molecular weight is 396 g/mol. The molecule has 9 heteroatoms. The van der Waals surface area contributed by atoms with Crippen LogP contribution in [0.2, 0.25) is 5.02 Å². The number of rotatable bonds is 2. The Hall–Kier alpha value is -2.45. The zero-order chi connectivity index (χ0) is 18.6. The number of aromatic nitrogens is 3. The zero-order valence-corrected chi connectivity index (χ0v) is 14.7. The van der Waals surface area contributed by atoms with E-state index in [1.54, 1.807) is 6.92 Å². The van der Waals surface area contributed by atoms with Crippen LogP contribution in [0.15, 0.2) is 35.4 Å². The number of nitrogens with zero attached hydrogens (tertiary/aromatic N) is 3. The fourth-order valence-electron chi connectivity index (χ4n) is 2.76. The molecular formula is C17H9ClF3N3OS. The summed E-state index contributed by atoms with van der Waals surface area (Å²) in [5.74, 6) is -0.598. The molecule has 0 fully saturated rings. The predicted molar refractivity (Wildman–Crippen MR) is 95.2 cm³/mol.